The lowest BCUT2D eigenvalue weighted by molar-refractivity contribution is -0.142. The third-order valence-corrected chi connectivity index (χ3v) is 3.77. The van der Waals surface area contributed by atoms with Gasteiger partial charge in [-0.05, 0) is 18.1 Å². The van der Waals surface area contributed by atoms with Crippen molar-refractivity contribution in [2.75, 3.05) is 0 Å². The Balaban J connectivity index is 2.17. The average Bonchev–Trinajstić information content (AvgIpc) is 2.88. The predicted octanol–water partition coefficient (Wildman–Crippen LogP) is 2.33. The van der Waals surface area contributed by atoms with Crippen molar-refractivity contribution >= 4 is 22.8 Å². The molecular formula is C16H20N2O3. The number of hydrogen-bond acceptors (Lipinski definition) is 2. The largest absolute Gasteiger partial charge is 0.480 e. The van der Waals surface area contributed by atoms with Gasteiger partial charge < -0.3 is 15.4 Å². The smallest absolute Gasteiger partial charge is 0.326 e. The third kappa shape index (κ3) is 3.42. The molecule has 112 valence electrons. The molecule has 0 bridgehead atoms. The van der Waals surface area contributed by atoms with E-state index in [2.05, 4.69) is 10.3 Å². The highest BCUT2D eigenvalue weighted by Gasteiger charge is 2.23. The minimum atomic E-state index is -1.02. The first-order chi connectivity index (χ1) is 10.0. The molecular weight excluding hydrogens is 268 g/mol. The van der Waals surface area contributed by atoms with Gasteiger partial charge in [0.25, 0.3) is 0 Å². The molecule has 0 aliphatic heterocycles. The molecule has 2 rings (SSSR count). The molecule has 2 atom stereocenters. The number of benzene rings is 1. The lowest BCUT2D eigenvalue weighted by atomic mass is 10.0. The van der Waals surface area contributed by atoms with Crippen molar-refractivity contribution in [3.8, 4) is 0 Å². The van der Waals surface area contributed by atoms with Crippen LogP contribution in [0.15, 0.2) is 30.5 Å². The molecule has 0 saturated heterocycles. The number of rotatable bonds is 6. The first kappa shape index (κ1) is 15.1. The van der Waals surface area contributed by atoms with Crippen molar-refractivity contribution in [3.05, 3.63) is 36.0 Å². The molecule has 0 aliphatic rings. The fourth-order valence-electron chi connectivity index (χ4n) is 2.22. The van der Waals surface area contributed by atoms with Gasteiger partial charge in [0.15, 0.2) is 0 Å². The number of carboxylic acids is 1. The number of carbonyl (C=O) groups excluding carboxylic acids is 1. The topological polar surface area (TPSA) is 82.2 Å². The van der Waals surface area contributed by atoms with E-state index >= 15 is 0 Å². The van der Waals surface area contributed by atoms with Gasteiger partial charge in [0.2, 0.25) is 5.91 Å². The number of carbonyl (C=O) groups is 2. The second-order valence-electron chi connectivity index (χ2n) is 5.27. The summed E-state index contributed by atoms with van der Waals surface area (Å²) in [6.45, 7) is 3.69. The molecule has 0 saturated carbocycles. The first-order valence-electron chi connectivity index (χ1n) is 7.11. The van der Waals surface area contributed by atoms with Crippen LogP contribution in [0.4, 0.5) is 0 Å². The van der Waals surface area contributed by atoms with Crippen molar-refractivity contribution < 1.29 is 14.7 Å². The van der Waals surface area contributed by atoms with Crippen LogP contribution in [0.3, 0.4) is 0 Å². The van der Waals surface area contributed by atoms with E-state index in [1.807, 2.05) is 31.2 Å². The summed E-state index contributed by atoms with van der Waals surface area (Å²) in [6, 6.07) is 6.80. The fraction of sp³-hybridized carbons (Fsp3) is 0.375. The number of para-hydroxylation sites is 1. The maximum Gasteiger partial charge on any atom is 0.326 e. The number of carboxylic acid groups (broad SMARTS) is 1. The molecule has 0 fully saturated rings. The van der Waals surface area contributed by atoms with Crippen molar-refractivity contribution in [2.24, 2.45) is 5.92 Å². The van der Waals surface area contributed by atoms with E-state index in [1.165, 1.54) is 0 Å². The Bertz CT molecular complexity index is 648. The summed E-state index contributed by atoms with van der Waals surface area (Å²) in [5, 5.41) is 12.9. The maximum atomic E-state index is 11.9. The van der Waals surface area contributed by atoms with Crippen molar-refractivity contribution in [1.82, 2.24) is 10.3 Å². The molecule has 1 aromatic heterocycles. The molecule has 2 aromatic rings. The number of aliphatic carboxylic acids is 1. The van der Waals surface area contributed by atoms with Crippen LogP contribution < -0.4 is 5.32 Å². The van der Waals surface area contributed by atoms with Gasteiger partial charge in [-0.2, -0.15) is 0 Å². The van der Waals surface area contributed by atoms with Gasteiger partial charge in [-0.15, -0.1) is 0 Å². The Morgan fingerprint density at radius 3 is 2.71 bits per heavy atom. The summed E-state index contributed by atoms with van der Waals surface area (Å²) >= 11 is 0. The van der Waals surface area contributed by atoms with Crippen LogP contribution in [0.2, 0.25) is 0 Å². The van der Waals surface area contributed by atoms with E-state index in [1.54, 1.807) is 13.1 Å². The standard InChI is InChI=1S/C16H20N2O3/c1-3-10(2)15(19)18-14(16(20)21)8-11-9-17-13-7-5-4-6-12(11)13/h4-7,9-10,14,17H,3,8H2,1-2H3,(H,18,19)(H,20,21)/t10-,14+/m1/s1. The van der Waals surface area contributed by atoms with E-state index < -0.39 is 12.0 Å². The van der Waals surface area contributed by atoms with Crippen LogP contribution in [-0.4, -0.2) is 28.0 Å². The van der Waals surface area contributed by atoms with Crippen molar-refractivity contribution in [2.45, 2.75) is 32.7 Å². The normalized spacial score (nSPS) is 13.8. The lowest BCUT2D eigenvalue weighted by Gasteiger charge is -2.16. The summed E-state index contributed by atoms with van der Waals surface area (Å²) in [5.74, 6) is -1.42. The van der Waals surface area contributed by atoms with Crippen LogP contribution in [-0.2, 0) is 16.0 Å². The number of fused-ring (bicyclic) bond motifs is 1. The van der Waals surface area contributed by atoms with E-state index in [0.29, 0.717) is 6.42 Å². The highest BCUT2D eigenvalue weighted by Crippen LogP contribution is 2.19. The van der Waals surface area contributed by atoms with Crippen molar-refractivity contribution in [1.29, 1.82) is 0 Å². The van der Waals surface area contributed by atoms with Gasteiger partial charge in [-0.25, -0.2) is 4.79 Å². The summed E-state index contributed by atoms with van der Waals surface area (Å²) < 4.78 is 0. The third-order valence-electron chi connectivity index (χ3n) is 3.77. The highest BCUT2D eigenvalue weighted by atomic mass is 16.4. The average molecular weight is 288 g/mol. The first-order valence-corrected chi connectivity index (χ1v) is 7.11. The van der Waals surface area contributed by atoms with Crippen LogP contribution >= 0.6 is 0 Å². The van der Waals surface area contributed by atoms with Gasteiger partial charge in [-0.1, -0.05) is 32.0 Å². The molecule has 5 heteroatoms. The van der Waals surface area contributed by atoms with E-state index in [9.17, 15) is 14.7 Å². The van der Waals surface area contributed by atoms with Gasteiger partial charge in [0, 0.05) is 29.4 Å². The second kappa shape index (κ2) is 6.43. The number of aromatic nitrogens is 1. The fourth-order valence-corrected chi connectivity index (χ4v) is 2.22. The molecule has 0 unspecified atom stereocenters. The van der Waals surface area contributed by atoms with Crippen LogP contribution in [0.5, 0.6) is 0 Å². The number of hydrogen-bond donors (Lipinski definition) is 3. The molecule has 1 aromatic carbocycles. The maximum absolute atomic E-state index is 11.9. The number of H-pyrrole nitrogens is 1. The van der Waals surface area contributed by atoms with E-state index in [-0.39, 0.29) is 18.2 Å². The Kier molecular flexibility index (Phi) is 4.62. The molecule has 0 radical (unpaired) electrons. The number of aromatic amines is 1. The minimum Gasteiger partial charge on any atom is -0.480 e. The predicted molar refractivity (Wildman–Crippen MR) is 81.0 cm³/mol. The zero-order chi connectivity index (χ0) is 15.4. The Morgan fingerprint density at radius 1 is 1.33 bits per heavy atom. The summed E-state index contributed by atoms with van der Waals surface area (Å²) in [7, 11) is 0. The Labute approximate surface area is 123 Å². The lowest BCUT2D eigenvalue weighted by Crippen LogP contribution is -2.44. The van der Waals surface area contributed by atoms with Gasteiger partial charge >= 0.3 is 5.97 Å². The van der Waals surface area contributed by atoms with Crippen LogP contribution in [0.25, 0.3) is 10.9 Å². The van der Waals surface area contributed by atoms with Gasteiger partial charge in [0.05, 0.1) is 0 Å². The summed E-state index contributed by atoms with van der Waals surface area (Å²) in [5.41, 5.74) is 1.85. The molecule has 3 N–H and O–H groups in total. The molecule has 0 aliphatic carbocycles. The molecule has 1 amide bonds. The zero-order valence-corrected chi connectivity index (χ0v) is 12.2. The zero-order valence-electron chi connectivity index (χ0n) is 12.2. The van der Waals surface area contributed by atoms with Crippen molar-refractivity contribution in [3.63, 3.8) is 0 Å². The van der Waals surface area contributed by atoms with E-state index in [0.717, 1.165) is 16.5 Å². The molecule has 1 heterocycles. The number of nitrogens with one attached hydrogen (secondary N) is 2. The monoisotopic (exact) mass is 288 g/mol. The molecule has 0 spiro atoms. The Morgan fingerprint density at radius 2 is 2.05 bits per heavy atom. The minimum absolute atomic E-state index is 0.185. The van der Waals surface area contributed by atoms with Crippen LogP contribution in [0, 0.1) is 5.92 Å². The van der Waals surface area contributed by atoms with Gasteiger partial charge in [-0.3, -0.25) is 4.79 Å². The quantitative estimate of drug-likeness (QED) is 0.763. The molecule has 21 heavy (non-hydrogen) atoms. The summed E-state index contributed by atoms with van der Waals surface area (Å²) in [6.07, 6.45) is 2.75. The number of amides is 1. The van der Waals surface area contributed by atoms with Gasteiger partial charge in [0.1, 0.15) is 6.04 Å². The molecule has 5 nitrogen and oxygen atoms in total. The Hall–Kier alpha value is -2.30. The van der Waals surface area contributed by atoms with E-state index in [4.69, 9.17) is 0 Å². The SMILES string of the molecule is CC[C@@H](C)C(=O)N[C@@H](Cc1c[nH]c2ccccc12)C(=O)O. The second-order valence-corrected chi connectivity index (χ2v) is 5.27. The summed E-state index contributed by atoms with van der Waals surface area (Å²) in [4.78, 5) is 26.4. The van der Waals surface area contributed by atoms with Crippen LogP contribution in [0.1, 0.15) is 25.8 Å². The highest BCUT2D eigenvalue weighted by molar-refractivity contribution is 5.87.